The lowest BCUT2D eigenvalue weighted by molar-refractivity contribution is 0.340. The first-order valence-electron chi connectivity index (χ1n) is 7.82. The zero-order valence-electron chi connectivity index (χ0n) is 12.1. The molecule has 0 radical (unpaired) electrons. The zero-order valence-corrected chi connectivity index (χ0v) is 12.1. The van der Waals surface area contributed by atoms with Gasteiger partial charge in [-0.25, -0.2) is 0 Å². The van der Waals surface area contributed by atoms with Crippen molar-refractivity contribution >= 4 is 5.95 Å². The van der Waals surface area contributed by atoms with E-state index in [4.69, 9.17) is 0 Å². The number of nitrogens with zero attached hydrogens (tertiary/aromatic N) is 3. The maximum atomic E-state index is 4.68. The molecule has 3 heterocycles. The van der Waals surface area contributed by atoms with Crippen molar-refractivity contribution in [3.63, 3.8) is 0 Å². The van der Waals surface area contributed by atoms with Crippen LogP contribution in [-0.4, -0.2) is 40.9 Å². The van der Waals surface area contributed by atoms with Gasteiger partial charge in [-0.05, 0) is 30.9 Å². The first-order chi connectivity index (χ1) is 10.4. The number of nitrogens with one attached hydrogen (secondary N) is 2. The molecule has 0 aliphatic carbocycles. The fourth-order valence-corrected chi connectivity index (χ4v) is 3.50. The minimum atomic E-state index is 0.620. The molecule has 2 aliphatic rings. The van der Waals surface area contributed by atoms with Crippen LogP contribution in [0.4, 0.5) is 5.95 Å². The molecular weight excluding hydrogens is 262 g/mol. The van der Waals surface area contributed by atoms with Crippen molar-refractivity contribution in [1.29, 1.82) is 0 Å². The molecule has 0 spiro atoms. The Morgan fingerprint density at radius 1 is 1.19 bits per heavy atom. The third kappa shape index (κ3) is 2.65. The molecule has 5 nitrogen and oxygen atoms in total. The topological polar surface area (TPSA) is 56.8 Å². The Labute approximate surface area is 124 Å². The van der Waals surface area contributed by atoms with E-state index in [0.717, 1.165) is 43.7 Å². The Kier molecular flexibility index (Phi) is 3.35. The molecule has 2 N–H and O–H groups in total. The normalized spacial score (nSPS) is 25.0. The van der Waals surface area contributed by atoms with E-state index in [9.17, 15) is 0 Å². The smallest absolute Gasteiger partial charge is 0.244 e. The molecule has 2 aromatic rings. The zero-order chi connectivity index (χ0) is 14.1. The van der Waals surface area contributed by atoms with Gasteiger partial charge in [-0.15, -0.1) is 5.10 Å². The fourth-order valence-electron chi connectivity index (χ4n) is 3.50. The average molecular weight is 283 g/mol. The van der Waals surface area contributed by atoms with Gasteiger partial charge in [0.15, 0.2) is 0 Å². The first-order valence-corrected chi connectivity index (χ1v) is 7.82. The minimum Gasteiger partial charge on any atom is -0.338 e. The van der Waals surface area contributed by atoms with E-state index in [-0.39, 0.29) is 0 Å². The molecule has 4 rings (SSSR count). The number of hydrogen-bond donors (Lipinski definition) is 2. The third-order valence-electron chi connectivity index (χ3n) is 4.62. The fraction of sp³-hybridized carbons (Fsp3) is 0.500. The van der Waals surface area contributed by atoms with Crippen molar-refractivity contribution in [3.8, 4) is 0 Å². The minimum absolute atomic E-state index is 0.620. The molecule has 1 aromatic heterocycles. The van der Waals surface area contributed by atoms with Crippen LogP contribution in [-0.2, 0) is 6.42 Å². The van der Waals surface area contributed by atoms with Crippen LogP contribution in [0.1, 0.15) is 24.2 Å². The second kappa shape index (κ2) is 5.48. The van der Waals surface area contributed by atoms with Gasteiger partial charge in [-0.2, -0.15) is 4.98 Å². The van der Waals surface area contributed by atoms with Crippen LogP contribution in [0.15, 0.2) is 30.3 Å². The monoisotopic (exact) mass is 283 g/mol. The summed E-state index contributed by atoms with van der Waals surface area (Å²) in [7, 11) is 0. The number of rotatable bonds is 3. The van der Waals surface area contributed by atoms with Gasteiger partial charge in [0.25, 0.3) is 0 Å². The predicted octanol–water partition coefficient (Wildman–Crippen LogP) is 1.58. The van der Waals surface area contributed by atoms with E-state index < -0.39 is 0 Å². The van der Waals surface area contributed by atoms with E-state index in [1.807, 2.05) is 6.07 Å². The number of hydrogen-bond acceptors (Lipinski definition) is 4. The average Bonchev–Trinajstić information content (AvgIpc) is 3.14. The molecule has 2 fully saturated rings. The molecular formula is C16H21N5. The van der Waals surface area contributed by atoms with Crippen LogP contribution in [0.2, 0.25) is 0 Å². The molecule has 0 bridgehead atoms. The van der Waals surface area contributed by atoms with Crippen molar-refractivity contribution < 1.29 is 0 Å². The van der Waals surface area contributed by atoms with E-state index in [1.165, 1.54) is 18.4 Å². The molecule has 110 valence electrons. The molecule has 1 aromatic carbocycles. The lowest BCUT2D eigenvalue weighted by Gasteiger charge is -2.24. The third-order valence-corrected chi connectivity index (χ3v) is 4.62. The number of aromatic amines is 1. The van der Waals surface area contributed by atoms with Gasteiger partial charge < -0.3 is 10.2 Å². The van der Waals surface area contributed by atoms with E-state index in [2.05, 4.69) is 49.7 Å². The van der Waals surface area contributed by atoms with Crippen LogP contribution in [0.5, 0.6) is 0 Å². The molecule has 2 unspecified atom stereocenters. The molecule has 5 heteroatoms. The quantitative estimate of drug-likeness (QED) is 0.898. The highest BCUT2D eigenvalue weighted by Gasteiger charge is 2.35. The summed E-state index contributed by atoms with van der Waals surface area (Å²) < 4.78 is 0. The van der Waals surface area contributed by atoms with Gasteiger partial charge in [-0.3, -0.25) is 5.10 Å². The highest BCUT2D eigenvalue weighted by atomic mass is 15.4. The van der Waals surface area contributed by atoms with Gasteiger partial charge in [0.2, 0.25) is 5.95 Å². The van der Waals surface area contributed by atoms with E-state index in [1.54, 1.807) is 0 Å². The summed E-state index contributed by atoms with van der Waals surface area (Å²) >= 11 is 0. The maximum absolute atomic E-state index is 4.68. The van der Waals surface area contributed by atoms with Crippen LogP contribution in [0.25, 0.3) is 0 Å². The summed E-state index contributed by atoms with van der Waals surface area (Å²) in [6.45, 7) is 3.27. The molecule has 2 saturated heterocycles. The first kappa shape index (κ1) is 12.8. The van der Waals surface area contributed by atoms with Crippen molar-refractivity contribution in [2.45, 2.75) is 25.3 Å². The molecule has 2 atom stereocenters. The van der Waals surface area contributed by atoms with Crippen LogP contribution in [0, 0.1) is 5.92 Å². The number of aromatic nitrogens is 3. The van der Waals surface area contributed by atoms with E-state index >= 15 is 0 Å². The lowest BCUT2D eigenvalue weighted by atomic mass is 9.94. The molecule has 0 saturated carbocycles. The highest BCUT2D eigenvalue weighted by Crippen LogP contribution is 2.27. The largest absolute Gasteiger partial charge is 0.338 e. The number of H-pyrrole nitrogens is 1. The van der Waals surface area contributed by atoms with Crippen molar-refractivity contribution in [1.82, 2.24) is 20.5 Å². The SMILES string of the molecule is c1ccc(Cc2nc(N3CC4CCCNC4C3)n[nH]2)cc1. The van der Waals surface area contributed by atoms with Gasteiger partial charge in [0.1, 0.15) is 5.82 Å². The van der Waals surface area contributed by atoms with Crippen molar-refractivity contribution in [2.75, 3.05) is 24.5 Å². The molecule has 0 amide bonds. The van der Waals surface area contributed by atoms with Gasteiger partial charge >= 0.3 is 0 Å². The number of fused-ring (bicyclic) bond motifs is 1. The standard InChI is InChI=1S/C16H21N5/c1-2-5-12(6-3-1)9-15-18-16(20-19-15)21-10-13-7-4-8-17-14(13)11-21/h1-3,5-6,13-14,17H,4,7-11H2,(H,18,19,20). The summed E-state index contributed by atoms with van der Waals surface area (Å²) in [4.78, 5) is 7.00. The van der Waals surface area contributed by atoms with Crippen LogP contribution in [0.3, 0.4) is 0 Å². The molecule has 21 heavy (non-hydrogen) atoms. The van der Waals surface area contributed by atoms with Crippen LogP contribution < -0.4 is 10.2 Å². The Morgan fingerprint density at radius 3 is 2.95 bits per heavy atom. The van der Waals surface area contributed by atoms with Gasteiger partial charge in [0, 0.05) is 25.6 Å². The summed E-state index contributed by atoms with van der Waals surface area (Å²) in [6, 6.07) is 11.0. The van der Waals surface area contributed by atoms with Crippen LogP contribution >= 0.6 is 0 Å². The number of benzene rings is 1. The van der Waals surface area contributed by atoms with E-state index in [0.29, 0.717) is 6.04 Å². The maximum Gasteiger partial charge on any atom is 0.244 e. The number of piperidine rings is 1. The van der Waals surface area contributed by atoms with Gasteiger partial charge in [-0.1, -0.05) is 30.3 Å². The summed E-state index contributed by atoms with van der Waals surface area (Å²) in [5.74, 6) is 2.56. The second-order valence-corrected chi connectivity index (χ2v) is 6.11. The Hall–Kier alpha value is -1.88. The second-order valence-electron chi connectivity index (χ2n) is 6.11. The lowest BCUT2D eigenvalue weighted by Crippen LogP contribution is -2.40. The highest BCUT2D eigenvalue weighted by molar-refractivity contribution is 5.33. The van der Waals surface area contributed by atoms with Crippen molar-refractivity contribution in [2.24, 2.45) is 5.92 Å². The Balaban J connectivity index is 1.45. The van der Waals surface area contributed by atoms with Gasteiger partial charge in [0.05, 0.1) is 0 Å². The molecule has 2 aliphatic heterocycles. The summed E-state index contributed by atoms with van der Waals surface area (Å²) in [6.07, 6.45) is 3.44. The van der Waals surface area contributed by atoms with Crippen molar-refractivity contribution in [3.05, 3.63) is 41.7 Å². The number of anilines is 1. The summed E-state index contributed by atoms with van der Waals surface area (Å²) in [5, 5.41) is 11.1. The Bertz CT molecular complexity index is 580. The summed E-state index contributed by atoms with van der Waals surface area (Å²) in [5.41, 5.74) is 1.26. The Morgan fingerprint density at radius 2 is 2.10 bits per heavy atom. The predicted molar refractivity (Wildman–Crippen MR) is 82.4 cm³/mol.